The molecule has 0 bridgehead atoms. The van der Waals surface area contributed by atoms with Gasteiger partial charge in [0.2, 0.25) is 11.8 Å². The van der Waals surface area contributed by atoms with E-state index in [1.807, 2.05) is 29.7 Å². The van der Waals surface area contributed by atoms with E-state index in [4.69, 9.17) is 4.99 Å². The lowest BCUT2D eigenvalue weighted by molar-refractivity contribution is -0.146. The van der Waals surface area contributed by atoms with Crippen LogP contribution < -0.4 is 4.90 Å². The van der Waals surface area contributed by atoms with Gasteiger partial charge in [0, 0.05) is 29.4 Å². The number of rotatable bonds is 6. The molecule has 1 saturated heterocycles. The van der Waals surface area contributed by atoms with Crippen molar-refractivity contribution in [2.24, 2.45) is 16.3 Å². The first-order valence-corrected chi connectivity index (χ1v) is 11.8. The molecule has 35 heavy (non-hydrogen) atoms. The highest BCUT2D eigenvalue weighted by molar-refractivity contribution is 6.04. The number of piperazine rings is 1. The predicted octanol–water partition coefficient (Wildman–Crippen LogP) is 4.70. The average molecular weight is 476 g/mol. The summed E-state index contributed by atoms with van der Waals surface area (Å²) in [6.07, 6.45) is 4.84. The molecular weight excluding hydrogens is 445 g/mol. The van der Waals surface area contributed by atoms with Crippen molar-refractivity contribution in [2.75, 3.05) is 18.0 Å². The van der Waals surface area contributed by atoms with Crippen LogP contribution in [0.15, 0.2) is 41.4 Å². The Morgan fingerprint density at radius 1 is 1.17 bits per heavy atom. The molecular formula is C27H30FN5O2. The first-order valence-electron chi connectivity index (χ1n) is 11.8. The van der Waals surface area contributed by atoms with Gasteiger partial charge in [-0.25, -0.2) is 9.38 Å². The first kappa shape index (κ1) is 24.4. The van der Waals surface area contributed by atoms with Crippen molar-refractivity contribution in [3.63, 3.8) is 0 Å². The van der Waals surface area contributed by atoms with Crippen LogP contribution in [-0.2, 0) is 22.7 Å². The van der Waals surface area contributed by atoms with Crippen molar-refractivity contribution in [1.82, 2.24) is 9.47 Å². The van der Waals surface area contributed by atoms with Crippen LogP contribution in [0.25, 0.3) is 6.08 Å². The van der Waals surface area contributed by atoms with Crippen LogP contribution in [0.5, 0.6) is 0 Å². The molecule has 0 radical (unpaired) electrons. The highest BCUT2D eigenvalue weighted by Crippen LogP contribution is 2.35. The van der Waals surface area contributed by atoms with E-state index in [2.05, 4.69) is 26.8 Å². The summed E-state index contributed by atoms with van der Waals surface area (Å²) in [6, 6.07) is 9.93. The summed E-state index contributed by atoms with van der Waals surface area (Å²) in [6.45, 7) is 9.20. The molecule has 0 spiro atoms. The van der Waals surface area contributed by atoms with Crippen LogP contribution >= 0.6 is 0 Å². The van der Waals surface area contributed by atoms with Crippen LogP contribution in [0, 0.1) is 28.5 Å². The van der Waals surface area contributed by atoms with Crippen molar-refractivity contribution < 1.29 is 14.0 Å². The summed E-state index contributed by atoms with van der Waals surface area (Å²) >= 11 is 0. The first-order chi connectivity index (χ1) is 16.6. The van der Waals surface area contributed by atoms with Gasteiger partial charge in [-0.2, -0.15) is 5.26 Å². The number of benzene rings is 1. The molecule has 1 aromatic heterocycles. The monoisotopic (exact) mass is 475 g/mol. The van der Waals surface area contributed by atoms with E-state index < -0.39 is 0 Å². The fourth-order valence-electron chi connectivity index (χ4n) is 4.26. The van der Waals surface area contributed by atoms with Gasteiger partial charge in [0.15, 0.2) is 0 Å². The molecule has 1 atom stereocenters. The molecule has 3 heterocycles. The number of aliphatic imine (C=N–C) groups is 1. The molecule has 4 rings (SSSR count). The number of anilines is 1. The molecule has 2 amide bonds. The number of amides is 2. The molecule has 2 aliphatic heterocycles. The maximum Gasteiger partial charge on any atom is 0.249 e. The van der Waals surface area contributed by atoms with E-state index in [1.54, 1.807) is 17.0 Å². The van der Waals surface area contributed by atoms with E-state index in [0.717, 1.165) is 17.7 Å². The highest BCUT2D eigenvalue weighted by atomic mass is 19.1. The second-order valence-electron chi connectivity index (χ2n) is 9.98. The standard InChI is InChI=1S/C27H30FN5O2/c1-5-27(3,4)17-33-22(12-19-7-6-18(2)23(13-29)30-26(19)33)14-32-24(34)15-31(16-25(32)35)21-10-8-20(28)9-11-21/h6-12,18H,5,14-17H2,1-4H3. The summed E-state index contributed by atoms with van der Waals surface area (Å²) in [5.41, 5.74) is 2.67. The number of nitrogens with zero attached hydrogens (tertiary/aromatic N) is 5. The number of allylic oxidation sites excluding steroid dienone is 1. The topological polar surface area (TPSA) is 81.7 Å². The van der Waals surface area contributed by atoms with Gasteiger partial charge in [0.25, 0.3) is 0 Å². The molecule has 1 unspecified atom stereocenters. The number of hydrogen-bond acceptors (Lipinski definition) is 5. The number of imide groups is 1. The zero-order valence-electron chi connectivity index (χ0n) is 20.6. The number of carbonyl (C=O) groups excluding carboxylic acids is 2. The molecule has 0 aliphatic carbocycles. The Morgan fingerprint density at radius 3 is 2.43 bits per heavy atom. The third kappa shape index (κ3) is 5.04. The summed E-state index contributed by atoms with van der Waals surface area (Å²) in [4.78, 5) is 33.7. The Bertz CT molecular complexity index is 1230. The summed E-state index contributed by atoms with van der Waals surface area (Å²) in [5, 5.41) is 9.61. The molecule has 2 aromatic rings. The lowest BCUT2D eigenvalue weighted by atomic mass is 9.90. The van der Waals surface area contributed by atoms with Crippen molar-refractivity contribution >= 4 is 35.1 Å². The molecule has 2 aliphatic rings. The molecule has 8 heteroatoms. The maximum absolute atomic E-state index is 13.3. The molecule has 0 saturated carbocycles. The van der Waals surface area contributed by atoms with Gasteiger partial charge < -0.3 is 9.47 Å². The highest BCUT2D eigenvalue weighted by Gasteiger charge is 2.33. The van der Waals surface area contributed by atoms with Crippen LogP contribution in [-0.4, -0.2) is 40.1 Å². The maximum atomic E-state index is 13.3. The third-order valence-electron chi connectivity index (χ3n) is 6.83. The second-order valence-corrected chi connectivity index (χ2v) is 9.98. The minimum atomic E-state index is -0.369. The Morgan fingerprint density at radius 2 is 1.83 bits per heavy atom. The smallest absolute Gasteiger partial charge is 0.249 e. The summed E-state index contributed by atoms with van der Waals surface area (Å²) in [7, 11) is 0. The number of fused-ring (bicyclic) bond motifs is 1. The fraction of sp³-hybridized carbons (Fsp3) is 0.407. The largest absolute Gasteiger partial charge is 0.353 e. The Kier molecular flexibility index (Phi) is 6.62. The molecule has 1 aromatic carbocycles. The Hall–Kier alpha value is -3.73. The molecule has 1 fully saturated rings. The summed E-state index contributed by atoms with van der Waals surface area (Å²) in [5.74, 6) is -0.400. The zero-order chi connectivity index (χ0) is 25.3. The third-order valence-corrected chi connectivity index (χ3v) is 6.83. The number of hydrogen-bond donors (Lipinski definition) is 0. The Balaban J connectivity index is 1.66. The normalized spacial score (nSPS) is 18.3. The van der Waals surface area contributed by atoms with Crippen molar-refractivity contribution in [3.8, 4) is 6.07 Å². The Labute approximate surface area is 205 Å². The van der Waals surface area contributed by atoms with Crippen molar-refractivity contribution in [2.45, 2.75) is 47.2 Å². The van der Waals surface area contributed by atoms with Crippen LogP contribution in [0.4, 0.5) is 15.9 Å². The zero-order valence-corrected chi connectivity index (χ0v) is 20.6. The van der Waals surface area contributed by atoms with E-state index in [0.29, 0.717) is 23.8 Å². The lowest BCUT2D eigenvalue weighted by Crippen LogP contribution is -2.53. The van der Waals surface area contributed by atoms with Crippen molar-refractivity contribution in [1.29, 1.82) is 5.26 Å². The number of aromatic nitrogens is 1. The van der Waals surface area contributed by atoms with Gasteiger partial charge in [0.1, 0.15) is 23.4 Å². The lowest BCUT2D eigenvalue weighted by Gasteiger charge is -2.34. The van der Waals surface area contributed by atoms with Crippen LogP contribution in [0.1, 0.15) is 45.4 Å². The van der Waals surface area contributed by atoms with Gasteiger partial charge in [-0.05, 0) is 42.2 Å². The van der Waals surface area contributed by atoms with Gasteiger partial charge in [-0.3, -0.25) is 14.5 Å². The van der Waals surface area contributed by atoms with E-state index >= 15 is 0 Å². The van der Waals surface area contributed by atoms with Crippen LogP contribution in [0.2, 0.25) is 0 Å². The van der Waals surface area contributed by atoms with E-state index in [9.17, 15) is 19.2 Å². The second kappa shape index (κ2) is 9.49. The van der Waals surface area contributed by atoms with Gasteiger partial charge in [-0.15, -0.1) is 0 Å². The van der Waals surface area contributed by atoms with E-state index in [-0.39, 0.29) is 48.6 Å². The van der Waals surface area contributed by atoms with E-state index in [1.165, 1.54) is 17.0 Å². The van der Waals surface area contributed by atoms with Gasteiger partial charge in [-0.1, -0.05) is 39.8 Å². The van der Waals surface area contributed by atoms with Gasteiger partial charge >= 0.3 is 0 Å². The fourth-order valence-corrected chi connectivity index (χ4v) is 4.26. The molecule has 7 nitrogen and oxygen atoms in total. The van der Waals surface area contributed by atoms with Gasteiger partial charge in [0.05, 0.1) is 19.6 Å². The average Bonchev–Trinajstić information content (AvgIpc) is 3.03. The van der Waals surface area contributed by atoms with Crippen LogP contribution in [0.3, 0.4) is 0 Å². The predicted molar refractivity (Wildman–Crippen MR) is 134 cm³/mol. The minimum absolute atomic E-state index is 0.0341. The SMILES string of the molecule is CCC(C)(C)Cn1c(CN2C(=O)CN(c3ccc(F)cc3)CC2=O)cc2c1N=C(C#N)C(C)C=C2. The molecule has 182 valence electrons. The number of halogens is 1. The minimum Gasteiger partial charge on any atom is -0.353 e. The number of nitriles is 1. The quantitative estimate of drug-likeness (QED) is 0.567. The summed E-state index contributed by atoms with van der Waals surface area (Å²) < 4.78 is 15.3. The van der Waals surface area contributed by atoms with Crippen molar-refractivity contribution in [3.05, 3.63) is 53.5 Å². The molecule has 0 N–H and O–H groups in total. The number of carbonyl (C=O) groups is 2.